The zero-order valence-electron chi connectivity index (χ0n) is 11.3. The molecule has 1 aromatic rings. The van der Waals surface area contributed by atoms with Gasteiger partial charge in [0.05, 0.1) is 3.57 Å². The summed E-state index contributed by atoms with van der Waals surface area (Å²) in [6, 6.07) is 4.51. The third-order valence-corrected chi connectivity index (χ3v) is 4.06. The number of benzene rings is 1. The molecule has 1 amide bonds. The average Bonchev–Trinajstić information content (AvgIpc) is 2.45. The highest BCUT2D eigenvalue weighted by Gasteiger charge is 2.29. The zero-order valence-corrected chi connectivity index (χ0v) is 13.4. The van der Waals surface area contributed by atoms with Crippen molar-refractivity contribution in [3.63, 3.8) is 0 Å². The molecule has 2 rings (SSSR count). The Hall–Kier alpha value is -0.990. The summed E-state index contributed by atoms with van der Waals surface area (Å²) in [5, 5.41) is 0. The fraction of sp³-hybridized carbons (Fsp3) is 0.500. The first-order valence-corrected chi connectivity index (χ1v) is 7.73. The molecule has 21 heavy (non-hydrogen) atoms. The summed E-state index contributed by atoms with van der Waals surface area (Å²) in [6.07, 6.45) is -1.25. The summed E-state index contributed by atoms with van der Waals surface area (Å²) < 4.78 is 41.6. The molecule has 1 saturated heterocycles. The monoisotopic (exact) mass is 413 g/mol. The van der Waals surface area contributed by atoms with Crippen molar-refractivity contribution in [1.29, 1.82) is 0 Å². The number of piperidine rings is 1. The van der Waals surface area contributed by atoms with Crippen LogP contribution in [0.3, 0.4) is 0 Å². The smallest absolute Gasteiger partial charge is 0.422 e. The number of likely N-dealkylation sites (tertiary alicyclic amines) is 1. The molecule has 0 unspecified atom stereocenters. The van der Waals surface area contributed by atoms with Crippen LogP contribution in [0.25, 0.3) is 0 Å². The highest BCUT2D eigenvalue weighted by molar-refractivity contribution is 14.1. The first-order valence-electron chi connectivity index (χ1n) is 6.65. The molecule has 0 aliphatic carbocycles. The Labute approximate surface area is 134 Å². The zero-order chi connectivity index (χ0) is 15.5. The van der Waals surface area contributed by atoms with Gasteiger partial charge in [-0.2, -0.15) is 13.2 Å². The van der Waals surface area contributed by atoms with Crippen molar-refractivity contribution in [2.24, 2.45) is 0 Å². The van der Waals surface area contributed by atoms with Crippen LogP contribution in [-0.4, -0.2) is 36.7 Å². The van der Waals surface area contributed by atoms with Gasteiger partial charge in [-0.25, -0.2) is 0 Å². The van der Waals surface area contributed by atoms with Gasteiger partial charge < -0.3 is 9.64 Å². The second kappa shape index (κ2) is 6.85. The molecule has 3 nitrogen and oxygen atoms in total. The molecule has 0 bridgehead atoms. The lowest BCUT2D eigenvalue weighted by molar-refractivity contribution is -0.153. The van der Waals surface area contributed by atoms with Gasteiger partial charge in [-0.15, -0.1) is 0 Å². The molecule has 116 valence electrons. The quantitative estimate of drug-likeness (QED) is 0.705. The summed E-state index contributed by atoms with van der Waals surface area (Å²) in [6.45, 7) is 0.145. The number of rotatable bonds is 3. The van der Waals surface area contributed by atoms with Crippen LogP contribution < -0.4 is 4.74 Å². The summed E-state index contributed by atoms with van der Waals surface area (Å²) in [7, 11) is 0. The Bertz CT molecular complexity index is 513. The molecule has 0 atom stereocenters. The van der Waals surface area contributed by atoms with E-state index in [-0.39, 0.29) is 11.7 Å². The predicted molar refractivity (Wildman–Crippen MR) is 80.5 cm³/mol. The lowest BCUT2D eigenvalue weighted by Crippen LogP contribution is -2.35. The molecule has 0 spiro atoms. The van der Waals surface area contributed by atoms with Crippen LogP contribution in [-0.2, 0) is 0 Å². The summed E-state index contributed by atoms with van der Waals surface area (Å²) in [5.74, 6) is 0.0677. The Kier molecular flexibility index (Phi) is 5.34. The predicted octanol–water partition coefficient (Wildman–Crippen LogP) is 3.86. The lowest BCUT2D eigenvalue weighted by atomic mass is 10.1. The van der Waals surface area contributed by atoms with Crippen molar-refractivity contribution in [3.8, 4) is 5.75 Å². The Balaban J connectivity index is 2.05. The van der Waals surface area contributed by atoms with E-state index >= 15 is 0 Å². The third-order valence-electron chi connectivity index (χ3n) is 3.21. The van der Waals surface area contributed by atoms with Gasteiger partial charge in [0.1, 0.15) is 5.75 Å². The van der Waals surface area contributed by atoms with Crippen molar-refractivity contribution in [1.82, 2.24) is 4.90 Å². The molecule has 0 radical (unpaired) electrons. The van der Waals surface area contributed by atoms with E-state index in [0.717, 1.165) is 32.4 Å². The maximum absolute atomic E-state index is 12.3. The molecular formula is C14H15F3INO2. The van der Waals surface area contributed by atoms with Crippen LogP contribution >= 0.6 is 22.6 Å². The molecular weight excluding hydrogens is 398 g/mol. The molecule has 1 fully saturated rings. The number of ether oxygens (including phenoxy) is 1. The van der Waals surface area contributed by atoms with E-state index in [1.807, 2.05) is 22.6 Å². The van der Waals surface area contributed by atoms with Crippen LogP contribution in [0.2, 0.25) is 0 Å². The highest BCUT2D eigenvalue weighted by atomic mass is 127. The molecule has 1 heterocycles. The van der Waals surface area contributed by atoms with E-state index in [1.54, 1.807) is 11.0 Å². The minimum absolute atomic E-state index is 0.0741. The number of halogens is 4. The van der Waals surface area contributed by atoms with Crippen molar-refractivity contribution < 1.29 is 22.7 Å². The van der Waals surface area contributed by atoms with Crippen LogP contribution in [0.15, 0.2) is 18.2 Å². The van der Waals surface area contributed by atoms with Gasteiger partial charge in [-0.1, -0.05) is 0 Å². The van der Waals surface area contributed by atoms with Gasteiger partial charge in [-0.05, 0) is 60.1 Å². The topological polar surface area (TPSA) is 29.5 Å². The second-order valence-corrected chi connectivity index (χ2v) is 6.06. The van der Waals surface area contributed by atoms with Crippen molar-refractivity contribution in [2.45, 2.75) is 25.4 Å². The SMILES string of the molecule is O=C(c1ccc(OCC(F)(F)F)c(I)c1)N1CCCCC1. The molecule has 1 aliphatic rings. The van der Waals surface area contributed by atoms with Gasteiger partial charge in [-0.3, -0.25) is 4.79 Å². The Morgan fingerprint density at radius 1 is 1.24 bits per heavy atom. The maximum Gasteiger partial charge on any atom is 0.422 e. The van der Waals surface area contributed by atoms with Crippen LogP contribution in [0.1, 0.15) is 29.6 Å². The number of carbonyl (C=O) groups is 1. The Morgan fingerprint density at radius 3 is 2.48 bits per heavy atom. The third kappa shape index (κ3) is 4.76. The largest absolute Gasteiger partial charge is 0.483 e. The van der Waals surface area contributed by atoms with E-state index in [4.69, 9.17) is 4.74 Å². The van der Waals surface area contributed by atoms with Crippen LogP contribution in [0, 0.1) is 3.57 Å². The summed E-state index contributed by atoms with van der Waals surface area (Å²) in [4.78, 5) is 14.1. The van der Waals surface area contributed by atoms with E-state index in [9.17, 15) is 18.0 Å². The van der Waals surface area contributed by atoms with Gasteiger partial charge in [0, 0.05) is 18.7 Å². The second-order valence-electron chi connectivity index (χ2n) is 4.90. The molecule has 7 heteroatoms. The fourth-order valence-corrected chi connectivity index (χ4v) is 2.86. The van der Waals surface area contributed by atoms with Gasteiger partial charge >= 0.3 is 6.18 Å². The van der Waals surface area contributed by atoms with E-state index < -0.39 is 12.8 Å². The van der Waals surface area contributed by atoms with Gasteiger partial charge in [0.15, 0.2) is 6.61 Å². The van der Waals surface area contributed by atoms with Gasteiger partial charge in [0.2, 0.25) is 0 Å². The number of nitrogens with zero attached hydrogens (tertiary/aromatic N) is 1. The van der Waals surface area contributed by atoms with Crippen LogP contribution in [0.5, 0.6) is 5.75 Å². The summed E-state index contributed by atoms with van der Waals surface area (Å²) in [5.41, 5.74) is 0.487. The van der Waals surface area contributed by atoms with E-state index in [1.165, 1.54) is 12.1 Å². The number of hydrogen-bond donors (Lipinski definition) is 0. The van der Waals surface area contributed by atoms with E-state index in [0.29, 0.717) is 9.13 Å². The minimum atomic E-state index is -4.37. The Morgan fingerprint density at radius 2 is 1.90 bits per heavy atom. The normalized spacial score (nSPS) is 15.9. The van der Waals surface area contributed by atoms with Crippen molar-refractivity contribution >= 4 is 28.5 Å². The number of hydrogen-bond acceptors (Lipinski definition) is 2. The van der Waals surface area contributed by atoms with Crippen molar-refractivity contribution in [3.05, 3.63) is 27.3 Å². The van der Waals surface area contributed by atoms with E-state index in [2.05, 4.69) is 0 Å². The molecule has 0 N–H and O–H groups in total. The molecule has 1 aliphatic heterocycles. The standard InChI is InChI=1S/C14H15F3INO2/c15-14(16,17)9-21-12-5-4-10(8-11(12)18)13(20)19-6-2-1-3-7-19/h4-5,8H,1-3,6-7,9H2. The first-order chi connectivity index (χ1) is 9.87. The number of carbonyl (C=O) groups excluding carboxylic acids is 1. The molecule has 1 aromatic carbocycles. The maximum atomic E-state index is 12.3. The van der Waals surface area contributed by atoms with Crippen LogP contribution in [0.4, 0.5) is 13.2 Å². The first kappa shape index (κ1) is 16.4. The number of alkyl halides is 3. The number of amides is 1. The minimum Gasteiger partial charge on any atom is -0.483 e. The molecule has 0 saturated carbocycles. The lowest BCUT2D eigenvalue weighted by Gasteiger charge is -2.26. The molecule has 0 aromatic heterocycles. The fourth-order valence-electron chi connectivity index (χ4n) is 2.19. The summed E-state index contributed by atoms with van der Waals surface area (Å²) >= 11 is 1.88. The van der Waals surface area contributed by atoms with Crippen molar-refractivity contribution in [2.75, 3.05) is 19.7 Å². The van der Waals surface area contributed by atoms with Gasteiger partial charge in [0.25, 0.3) is 5.91 Å². The average molecular weight is 413 g/mol. The highest BCUT2D eigenvalue weighted by Crippen LogP contribution is 2.25.